The van der Waals surface area contributed by atoms with Gasteiger partial charge in [0.05, 0.1) is 11.4 Å². The Balaban J connectivity index is 0.000000847. The molecule has 2 heterocycles. The smallest absolute Gasteiger partial charge is 0.151 e. The highest BCUT2D eigenvalue weighted by Gasteiger charge is 2.21. The molecule has 22 heavy (non-hydrogen) atoms. The van der Waals surface area contributed by atoms with Crippen LogP contribution in [-0.4, -0.2) is 43.4 Å². The second-order valence-electron chi connectivity index (χ2n) is 4.84. The summed E-state index contributed by atoms with van der Waals surface area (Å²) < 4.78 is 13.8. The molecule has 1 aliphatic heterocycles. The Bertz CT molecular complexity index is 547. The summed E-state index contributed by atoms with van der Waals surface area (Å²) in [7, 11) is 1.00. The average molecular weight is 304 g/mol. The standard InChI is InChI=1S/C15H17FN4.CH4O/c16-12-4-1-2-6-14(12)19-8-10-20(11-9-19)15-13(17)5-3-7-18-15;1-2/h1-7H,8-11,17H2;2H,1H3. The van der Waals surface area contributed by atoms with Gasteiger partial charge in [-0.2, -0.15) is 0 Å². The summed E-state index contributed by atoms with van der Waals surface area (Å²) in [6.07, 6.45) is 1.74. The Morgan fingerprint density at radius 2 is 1.64 bits per heavy atom. The van der Waals surface area contributed by atoms with E-state index in [0.717, 1.165) is 39.1 Å². The lowest BCUT2D eigenvalue weighted by Crippen LogP contribution is -2.47. The molecule has 1 aromatic heterocycles. The molecule has 3 rings (SSSR count). The molecule has 0 aliphatic carbocycles. The molecular formula is C16H21FN4O. The number of nitrogens with two attached hydrogens (primary N) is 1. The fourth-order valence-electron chi connectivity index (χ4n) is 2.54. The Kier molecular flexibility index (Phi) is 5.55. The number of hydrogen-bond donors (Lipinski definition) is 2. The highest BCUT2D eigenvalue weighted by Crippen LogP contribution is 2.24. The molecule has 6 heteroatoms. The molecule has 0 spiro atoms. The van der Waals surface area contributed by atoms with Crippen molar-refractivity contribution in [2.45, 2.75) is 0 Å². The molecule has 1 aromatic carbocycles. The van der Waals surface area contributed by atoms with Crippen LogP contribution < -0.4 is 15.5 Å². The van der Waals surface area contributed by atoms with Gasteiger partial charge < -0.3 is 20.6 Å². The number of anilines is 3. The van der Waals surface area contributed by atoms with Gasteiger partial charge in [-0.3, -0.25) is 0 Å². The third kappa shape index (κ3) is 3.46. The molecule has 0 bridgehead atoms. The Labute approximate surface area is 129 Å². The van der Waals surface area contributed by atoms with Crippen molar-refractivity contribution in [1.29, 1.82) is 0 Å². The van der Waals surface area contributed by atoms with Crippen LogP contribution in [0.4, 0.5) is 21.6 Å². The molecule has 0 radical (unpaired) electrons. The minimum atomic E-state index is -0.168. The maximum Gasteiger partial charge on any atom is 0.151 e. The van der Waals surface area contributed by atoms with Gasteiger partial charge in [-0.15, -0.1) is 0 Å². The molecule has 0 saturated carbocycles. The van der Waals surface area contributed by atoms with Crippen LogP contribution in [0.25, 0.3) is 0 Å². The quantitative estimate of drug-likeness (QED) is 0.885. The molecule has 0 atom stereocenters. The zero-order valence-corrected chi connectivity index (χ0v) is 12.6. The predicted octanol–water partition coefficient (Wildman–Crippen LogP) is 1.74. The highest BCUT2D eigenvalue weighted by atomic mass is 19.1. The van der Waals surface area contributed by atoms with Gasteiger partial charge in [-0.05, 0) is 24.3 Å². The molecule has 0 unspecified atom stereocenters. The molecular weight excluding hydrogens is 283 g/mol. The number of hydrogen-bond acceptors (Lipinski definition) is 5. The molecule has 2 aromatic rings. The van der Waals surface area contributed by atoms with Gasteiger partial charge >= 0.3 is 0 Å². The van der Waals surface area contributed by atoms with E-state index in [0.29, 0.717) is 11.4 Å². The summed E-state index contributed by atoms with van der Waals surface area (Å²) in [6, 6.07) is 10.6. The minimum absolute atomic E-state index is 0.168. The van der Waals surface area contributed by atoms with Gasteiger partial charge in [0, 0.05) is 39.5 Å². The van der Waals surface area contributed by atoms with Crippen molar-refractivity contribution in [1.82, 2.24) is 4.98 Å². The number of halogens is 1. The summed E-state index contributed by atoms with van der Waals surface area (Å²) in [5.41, 5.74) is 7.30. The van der Waals surface area contributed by atoms with Crippen LogP contribution >= 0.6 is 0 Å². The van der Waals surface area contributed by atoms with Gasteiger partial charge in [0.25, 0.3) is 0 Å². The largest absolute Gasteiger partial charge is 0.400 e. The number of nitrogens with zero attached hydrogens (tertiary/aromatic N) is 3. The van der Waals surface area contributed by atoms with Crippen LogP contribution in [-0.2, 0) is 0 Å². The van der Waals surface area contributed by atoms with E-state index in [2.05, 4.69) is 14.8 Å². The van der Waals surface area contributed by atoms with Crippen molar-refractivity contribution in [3.05, 3.63) is 48.4 Å². The van der Waals surface area contributed by atoms with E-state index >= 15 is 0 Å². The second-order valence-corrected chi connectivity index (χ2v) is 4.84. The highest BCUT2D eigenvalue weighted by molar-refractivity contribution is 5.63. The number of benzene rings is 1. The summed E-state index contributed by atoms with van der Waals surface area (Å²) >= 11 is 0. The van der Waals surface area contributed by atoms with Crippen LogP contribution in [0.2, 0.25) is 0 Å². The lowest BCUT2D eigenvalue weighted by molar-refractivity contribution is 0.399. The van der Waals surface area contributed by atoms with Crippen LogP contribution in [0.5, 0.6) is 0 Å². The first-order valence-corrected chi connectivity index (χ1v) is 7.15. The van der Waals surface area contributed by atoms with Crippen molar-refractivity contribution in [2.24, 2.45) is 0 Å². The molecule has 1 aliphatic rings. The topological polar surface area (TPSA) is 65.6 Å². The van der Waals surface area contributed by atoms with E-state index < -0.39 is 0 Å². The summed E-state index contributed by atoms with van der Waals surface area (Å²) in [5.74, 6) is 0.652. The minimum Gasteiger partial charge on any atom is -0.400 e. The second kappa shape index (κ2) is 7.61. The normalized spacial score (nSPS) is 14.3. The number of aliphatic hydroxyl groups excluding tert-OH is 1. The maximum atomic E-state index is 13.8. The van der Waals surface area contributed by atoms with E-state index in [1.165, 1.54) is 6.07 Å². The van der Waals surface area contributed by atoms with Crippen molar-refractivity contribution in [2.75, 3.05) is 48.8 Å². The summed E-state index contributed by atoms with van der Waals surface area (Å²) in [4.78, 5) is 8.53. The summed E-state index contributed by atoms with van der Waals surface area (Å²) in [5, 5.41) is 7.00. The van der Waals surface area contributed by atoms with Crippen LogP contribution in [0, 0.1) is 5.82 Å². The van der Waals surface area contributed by atoms with Crippen LogP contribution in [0.15, 0.2) is 42.6 Å². The molecule has 1 fully saturated rings. The fourth-order valence-corrected chi connectivity index (χ4v) is 2.54. The summed E-state index contributed by atoms with van der Waals surface area (Å²) in [6.45, 7) is 3.10. The zero-order valence-electron chi connectivity index (χ0n) is 12.6. The Morgan fingerprint density at radius 3 is 2.27 bits per heavy atom. The number of rotatable bonds is 2. The molecule has 0 amide bonds. The number of aliphatic hydroxyl groups is 1. The monoisotopic (exact) mass is 304 g/mol. The van der Waals surface area contributed by atoms with Crippen LogP contribution in [0.1, 0.15) is 0 Å². The maximum absolute atomic E-state index is 13.8. The van der Waals surface area contributed by atoms with Crippen molar-refractivity contribution < 1.29 is 9.50 Å². The molecule has 1 saturated heterocycles. The van der Waals surface area contributed by atoms with Gasteiger partial charge in [0.15, 0.2) is 5.82 Å². The first-order valence-electron chi connectivity index (χ1n) is 7.15. The van der Waals surface area contributed by atoms with E-state index in [9.17, 15) is 4.39 Å². The first kappa shape index (κ1) is 16.0. The first-order chi connectivity index (χ1) is 10.8. The van der Waals surface area contributed by atoms with E-state index in [1.54, 1.807) is 12.3 Å². The number of piperazine rings is 1. The zero-order chi connectivity index (χ0) is 15.9. The van der Waals surface area contributed by atoms with Gasteiger partial charge in [-0.25, -0.2) is 9.37 Å². The number of nitrogen functional groups attached to an aromatic ring is 1. The SMILES string of the molecule is CO.Nc1cccnc1N1CCN(c2ccccc2F)CC1. The van der Waals surface area contributed by atoms with E-state index in [1.807, 2.05) is 24.3 Å². The number of pyridine rings is 1. The lowest BCUT2D eigenvalue weighted by Gasteiger charge is -2.37. The van der Waals surface area contributed by atoms with Gasteiger partial charge in [0.2, 0.25) is 0 Å². The van der Waals surface area contributed by atoms with Gasteiger partial charge in [0.1, 0.15) is 5.82 Å². The van der Waals surface area contributed by atoms with E-state index in [4.69, 9.17) is 10.8 Å². The predicted molar refractivity (Wildman–Crippen MR) is 87.6 cm³/mol. The molecule has 5 nitrogen and oxygen atoms in total. The van der Waals surface area contributed by atoms with Crippen molar-refractivity contribution in [3.8, 4) is 0 Å². The molecule has 3 N–H and O–H groups in total. The third-order valence-corrected chi connectivity index (χ3v) is 3.59. The lowest BCUT2D eigenvalue weighted by atomic mass is 10.2. The third-order valence-electron chi connectivity index (χ3n) is 3.59. The van der Waals surface area contributed by atoms with Gasteiger partial charge in [-0.1, -0.05) is 12.1 Å². The average Bonchev–Trinajstić information content (AvgIpc) is 2.58. The fraction of sp³-hybridized carbons (Fsp3) is 0.312. The molecule has 118 valence electrons. The Morgan fingerprint density at radius 1 is 1.00 bits per heavy atom. The number of aromatic nitrogens is 1. The van der Waals surface area contributed by atoms with Crippen LogP contribution in [0.3, 0.4) is 0 Å². The number of para-hydroxylation sites is 1. The Hall–Kier alpha value is -2.34. The van der Waals surface area contributed by atoms with Crippen molar-refractivity contribution >= 4 is 17.2 Å². The van der Waals surface area contributed by atoms with Crippen molar-refractivity contribution in [3.63, 3.8) is 0 Å². The van der Waals surface area contributed by atoms with E-state index in [-0.39, 0.29) is 5.82 Å².